The number of anilines is 2. The number of tetrazole rings is 1. The minimum atomic E-state index is -1.09. The molecule has 1 amide bonds. The molecule has 0 fully saturated rings. The molecule has 4 heterocycles. The Morgan fingerprint density at radius 2 is 1.76 bits per heavy atom. The first kappa shape index (κ1) is 25.4. The van der Waals surface area contributed by atoms with Crippen molar-refractivity contribution in [1.82, 2.24) is 40.4 Å². The Hall–Kier alpha value is -5.52. The highest BCUT2D eigenvalue weighted by molar-refractivity contribution is 6.09. The molecule has 4 N–H and O–H groups in total. The molecule has 1 unspecified atom stereocenters. The first-order chi connectivity index (χ1) is 20.4. The monoisotopic (exact) mass is 560 g/mol. The summed E-state index contributed by atoms with van der Waals surface area (Å²) in [6, 6.07) is 22.0. The number of carbonyl (C=O) groups is 1. The average Bonchev–Trinajstić information content (AvgIpc) is 3.71. The van der Waals surface area contributed by atoms with E-state index in [0.29, 0.717) is 34.9 Å². The number of nitrogen functional groups attached to an aromatic ring is 1. The second kappa shape index (κ2) is 9.84. The summed E-state index contributed by atoms with van der Waals surface area (Å²) in [7, 11) is 0. The maximum Gasteiger partial charge on any atom is 0.240 e. The number of nitrogens with zero attached hydrogens (tertiary/aromatic N) is 7. The van der Waals surface area contributed by atoms with Gasteiger partial charge in [0.25, 0.3) is 0 Å². The summed E-state index contributed by atoms with van der Waals surface area (Å²) < 4.78 is 16.2. The lowest BCUT2D eigenvalue weighted by molar-refractivity contribution is -0.119. The molecule has 1 aliphatic rings. The number of fused-ring (bicyclic) bond motifs is 2. The van der Waals surface area contributed by atoms with Crippen molar-refractivity contribution in [2.45, 2.75) is 31.7 Å². The second-order valence-electron chi connectivity index (χ2n) is 10.4. The van der Waals surface area contributed by atoms with Gasteiger partial charge < -0.3 is 11.1 Å². The van der Waals surface area contributed by atoms with Gasteiger partial charge in [0, 0.05) is 17.4 Å². The van der Waals surface area contributed by atoms with Gasteiger partial charge in [-0.25, -0.2) is 14.4 Å². The molecule has 0 aliphatic carbocycles. The normalized spacial score (nSPS) is 16.1. The lowest BCUT2D eigenvalue weighted by atomic mass is 9.77. The van der Waals surface area contributed by atoms with Crippen LogP contribution in [0.5, 0.6) is 0 Å². The van der Waals surface area contributed by atoms with Gasteiger partial charge in [0.2, 0.25) is 5.91 Å². The van der Waals surface area contributed by atoms with E-state index in [9.17, 15) is 9.18 Å². The topological polar surface area (TPSA) is 153 Å². The SMILES string of the molecule is CC1(c2ccc(CCc3nn[nH]n3)cc2)C(=O)Nc2nc(-c3nn(Cc4ccccc4F)c4ccccc34)nc(N)c21. The zero-order valence-corrected chi connectivity index (χ0v) is 22.5. The predicted molar refractivity (Wildman–Crippen MR) is 154 cm³/mol. The van der Waals surface area contributed by atoms with Crippen LogP contribution >= 0.6 is 0 Å². The Bertz CT molecular complexity index is 1950. The van der Waals surface area contributed by atoms with E-state index in [1.165, 1.54) is 6.07 Å². The summed E-state index contributed by atoms with van der Waals surface area (Å²) in [6.45, 7) is 2.05. The van der Waals surface area contributed by atoms with Gasteiger partial charge in [-0.05, 0) is 36.6 Å². The van der Waals surface area contributed by atoms with Crippen molar-refractivity contribution in [3.8, 4) is 11.5 Å². The third-order valence-corrected chi connectivity index (χ3v) is 7.83. The van der Waals surface area contributed by atoms with Crippen molar-refractivity contribution in [2.75, 3.05) is 11.1 Å². The maximum atomic E-state index is 14.4. The number of halogens is 1. The molecule has 3 aromatic carbocycles. The van der Waals surface area contributed by atoms with E-state index in [-0.39, 0.29) is 29.9 Å². The molecule has 0 saturated carbocycles. The van der Waals surface area contributed by atoms with E-state index in [1.807, 2.05) is 55.5 Å². The molecule has 0 bridgehead atoms. The number of hydrogen-bond acceptors (Lipinski definition) is 8. The fourth-order valence-electron chi connectivity index (χ4n) is 5.54. The quantitative estimate of drug-likeness (QED) is 0.266. The Morgan fingerprint density at radius 1 is 0.976 bits per heavy atom. The van der Waals surface area contributed by atoms with Crippen LogP contribution in [0.1, 0.15) is 35.0 Å². The van der Waals surface area contributed by atoms with Gasteiger partial charge in [-0.1, -0.05) is 65.9 Å². The molecule has 11 nitrogen and oxygen atoms in total. The summed E-state index contributed by atoms with van der Waals surface area (Å²) >= 11 is 0. The molecule has 6 aromatic rings. The summed E-state index contributed by atoms with van der Waals surface area (Å²) in [5, 5.41) is 22.5. The second-order valence-corrected chi connectivity index (χ2v) is 10.4. The number of aromatic nitrogens is 8. The first-order valence-corrected chi connectivity index (χ1v) is 13.4. The van der Waals surface area contributed by atoms with Crippen LogP contribution < -0.4 is 11.1 Å². The van der Waals surface area contributed by atoms with Crippen LogP contribution in [0.25, 0.3) is 22.4 Å². The summed E-state index contributed by atoms with van der Waals surface area (Å²) in [6.07, 6.45) is 1.37. The largest absolute Gasteiger partial charge is 0.383 e. The van der Waals surface area contributed by atoms with Crippen LogP contribution in [-0.2, 0) is 29.6 Å². The van der Waals surface area contributed by atoms with E-state index >= 15 is 0 Å². The number of benzene rings is 3. The van der Waals surface area contributed by atoms with Crippen LogP contribution in [0.3, 0.4) is 0 Å². The highest BCUT2D eigenvalue weighted by atomic mass is 19.1. The summed E-state index contributed by atoms with van der Waals surface area (Å²) in [4.78, 5) is 22.8. The number of nitrogens with two attached hydrogens (primary N) is 1. The zero-order valence-electron chi connectivity index (χ0n) is 22.5. The molecule has 0 radical (unpaired) electrons. The van der Waals surface area contributed by atoms with Gasteiger partial charge in [-0.3, -0.25) is 9.48 Å². The van der Waals surface area contributed by atoms with Crippen molar-refractivity contribution in [2.24, 2.45) is 0 Å². The number of carbonyl (C=O) groups excluding carboxylic acids is 1. The number of amides is 1. The highest BCUT2D eigenvalue weighted by Gasteiger charge is 2.47. The number of nitrogens with one attached hydrogen (secondary N) is 2. The maximum absolute atomic E-state index is 14.4. The molecule has 208 valence electrons. The minimum absolute atomic E-state index is 0.185. The predicted octanol–water partition coefficient (Wildman–Crippen LogP) is 3.82. The van der Waals surface area contributed by atoms with E-state index in [0.717, 1.165) is 28.5 Å². The van der Waals surface area contributed by atoms with Crippen LogP contribution in [0.15, 0.2) is 72.8 Å². The molecule has 42 heavy (non-hydrogen) atoms. The molecular formula is C30H25FN10O. The number of H-pyrrole nitrogens is 1. The fraction of sp³-hybridized carbons (Fsp3) is 0.167. The molecule has 0 spiro atoms. The Morgan fingerprint density at radius 3 is 2.55 bits per heavy atom. The number of rotatable bonds is 7. The molecular weight excluding hydrogens is 535 g/mol. The van der Waals surface area contributed by atoms with Gasteiger partial charge in [-0.15, -0.1) is 10.2 Å². The smallest absolute Gasteiger partial charge is 0.240 e. The summed E-state index contributed by atoms with van der Waals surface area (Å²) in [5.41, 5.74) is 9.63. The van der Waals surface area contributed by atoms with Crippen LogP contribution in [-0.4, -0.2) is 46.3 Å². The first-order valence-electron chi connectivity index (χ1n) is 13.4. The van der Waals surface area contributed by atoms with Gasteiger partial charge >= 0.3 is 0 Å². The average molecular weight is 561 g/mol. The van der Waals surface area contributed by atoms with Crippen LogP contribution in [0.4, 0.5) is 16.0 Å². The standard InChI is InChI=1S/C30H25FN10O/c1-30(19-13-10-17(11-14-19)12-15-23-36-39-40-37-23)24-26(32)33-28(34-27(24)35-29(30)42)25-20-7-3-5-9-22(20)41(38-25)16-18-6-2-4-8-21(18)31/h2-11,13-14H,12,15-16H2,1H3,(H,36,37,39,40)(H3,32,33,34,35,42). The molecule has 1 atom stereocenters. The zero-order chi connectivity index (χ0) is 28.8. The Labute approximate surface area is 239 Å². The van der Waals surface area contributed by atoms with Gasteiger partial charge in [-0.2, -0.15) is 10.3 Å². The molecule has 1 aliphatic heterocycles. The Kier molecular flexibility index (Phi) is 5.96. The van der Waals surface area contributed by atoms with Gasteiger partial charge in [0.05, 0.1) is 17.6 Å². The van der Waals surface area contributed by atoms with Crippen molar-refractivity contribution < 1.29 is 9.18 Å². The number of aryl methyl sites for hydroxylation is 2. The van der Waals surface area contributed by atoms with E-state index in [4.69, 9.17) is 15.8 Å². The highest BCUT2D eigenvalue weighted by Crippen LogP contribution is 2.45. The van der Waals surface area contributed by atoms with Crippen molar-refractivity contribution in [3.05, 3.63) is 107 Å². The van der Waals surface area contributed by atoms with Gasteiger partial charge in [0.1, 0.15) is 28.6 Å². The summed E-state index contributed by atoms with van der Waals surface area (Å²) in [5.74, 6) is 0.893. The number of aromatic amines is 1. The van der Waals surface area contributed by atoms with Crippen molar-refractivity contribution >= 4 is 28.4 Å². The third kappa shape index (κ3) is 4.15. The lowest BCUT2D eigenvalue weighted by Crippen LogP contribution is -2.33. The van der Waals surface area contributed by atoms with E-state index in [2.05, 4.69) is 30.9 Å². The van der Waals surface area contributed by atoms with Crippen LogP contribution in [0.2, 0.25) is 0 Å². The minimum Gasteiger partial charge on any atom is -0.383 e. The van der Waals surface area contributed by atoms with E-state index in [1.54, 1.807) is 22.9 Å². The molecule has 0 saturated heterocycles. The van der Waals surface area contributed by atoms with Crippen LogP contribution in [0, 0.1) is 5.82 Å². The van der Waals surface area contributed by atoms with Crippen molar-refractivity contribution in [3.63, 3.8) is 0 Å². The Balaban J connectivity index is 1.24. The third-order valence-electron chi connectivity index (χ3n) is 7.83. The van der Waals surface area contributed by atoms with Crippen molar-refractivity contribution in [1.29, 1.82) is 0 Å². The lowest BCUT2D eigenvalue weighted by Gasteiger charge is -2.23. The molecule has 7 rings (SSSR count). The molecule has 12 heteroatoms. The van der Waals surface area contributed by atoms with E-state index < -0.39 is 5.41 Å². The number of para-hydroxylation sites is 1. The van der Waals surface area contributed by atoms with Gasteiger partial charge in [0.15, 0.2) is 11.6 Å². The number of hydrogen-bond donors (Lipinski definition) is 3. The fourth-order valence-corrected chi connectivity index (χ4v) is 5.54. The molecule has 3 aromatic heterocycles.